The monoisotopic (exact) mass is 203 g/mol. The molecule has 0 amide bonds. The van der Waals surface area contributed by atoms with Crippen molar-refractivity contribution in [3.63, 3.8) is 0 Å². The predicted molar refractivity (Wildman–Crippen MR) is 57.3 cm³/mol. The van der Waals surface area contributed by atoms with Crippen LogP contribution in [0.15, 0.2) is 30.5 Å². The maximum absolute atomic E-state index is 10.6. The van der Waals surface area contributed by atoms with E-state index >= 15 is 0 Å². The van der Waals surface area contributed by atoms with Gasteiger partial charge < -0.3 is 15.8 Å². The van der Waals surface area contributed by atoms with E-state index in [1.807, 2.05) is 24.3 Å². The first-order valence-corrected chi connectivity index (χ1v) is 4.58. The van der Waals surface area contributed by atoms with Gasteiger partial charge in [0.2, 0.25) is 0 Å². The lowest BCUT2D eigenvalue weighted by atomic mass is 10.1. The van der Waals surface area contributed by atoms with Gasteiger partial charge >= 0.3 is 5.97 Å². The van der Waals surface area contributed by atoms with Crippen LogP contribution in [0.25, 0.3) is 10.9 Å². The van der Waals surface area contributed by atoms with Crippen molar-refractivity contribution in [2.24, 2.45) is 5.73 Å². The van der Waals surface area contributed by atoms with Gasteiger partial charge in [-0.25, -0.2) is 0 Å². The topological polar surface area (TPSA) is 79.1 Å². The van der Waals surface area contributed by atoms with E-state index in [4.69, 9.17) is 10.8 Å². The van der Waals surface area contributed by atoms with Gasteiger partial charge in [-0.2, -0.15) is 0 Å². The second kappa shape index (κ2) is 3.74. The number of carboxylic acid groups (broad SMARTS) is 1. The van der Waals surface area contributed by atoms with Gasteiger partial charge in [0.1, 0.15) is 6.04 Å². The molecule has 0 aliphatic rings. The highest BCUT2D eigenvalue weighted by Gasteiger charge is 2.14. The van der Waals surface area contributed by atoms with E-state index in [0.717, 1.165) is 16.5 Å². The smallest absolute Gasteiger partial charge is 0.321 e. The lowest BCUT2D eigenvalue weighted by molar-refractivity contribution is -0.137. The van der Waals surface area contributed by atoms with Crippen molar-refractivity contribution in [2.75, 3.05) is 0 Å². The summed E-state index contributed by atoms with van der Waals surface area (Å²) < 4.78 is 0. The number of hydrogen-bond acceptors (Lipinski definition) is 2. The van der Waals surface area contributed by atoms with Crippen LogP contribution in [0.2, 0.25) is 0 Å². The molecule has 1 atom stereocenters. The Morgan fingerprint density at radius 3 is 2.93 bits per heavy atom. The van der Waals surface area contributed by atoms with E-state index in [0.29, 0.717) is 0 Å². The first kappa shape index (κ1) is 9.73. The Bertz CT molecular complexity index is 490. The molecular formula is C11H11N2O2. The number of nitrogens with two attached hydrogens (primary N) is 1. The van der Waals surface area contributed by atoms with Crippen molar-refractivity contribution in [3.8, 4) is 0 Å². The Balaban J connectivity index is 2.32. The molecule has 15 heavy (non-hydrogen) atoms. The van der Waals surface area contributed by atoms with Crippen molar-refractivity contribution >= 4 is 16.9 Å². The zero-order valence-electron chi connectivity index (χ0n) is 7.97. The molecular weight excluding hydrogens is 192 g/mol. The van der Waals surface area contributed by atoms with Gasteiger partial charge in [0.15, 0.2) is 0 Å². The average molecular weight is 203 g/mol. The van der Waals surface area contributed by atoms with E-state index in [-0.39, 0.29) is 0 Å². The Kier molecular flexibility index (Phi) is 2.43. The number of benzene rings is 1. The predicted octanol–water partition coefficient (Wildman–Crippen LogP) is 1.13. The molecule has 0 fully saturated rings. The summed E-state index contributed by atoms with van der Waals surface area (Å²) in [4.78, 5) is 13.6. The number of rotatable bonds is 3. The standard InChI is InChI=1S/C11H11N2O2/c12-9(11(14)15)5-7-6-13-10-4-2-1-3-8(7)10/h1-6,9,13H,12H2,(H,14,15). The highest BCUT2D eigenvalue weighted by Crippen LogP contribution is 2.19. The third kappa shape index (κ3) is 1.85. The Labute approximate surface area is 86.7 Å². The summed E-state index contributed by atoms with van der Waals surface area (Å²) in [6, 6.07) is 6.70. The van der Waals surface area contributed by atoms with Gasteiger partial charge in [-0.1, -0.05) is 18.2 Å². The lowest BCUT2D eigenvalue weighted by Crippen LogP contribution is -2.30. The number of H-pyrrole nitrogens is 1. The normalized spacial score (nSPS) is 12.9. The molecule has 1 aromatic carbocycles. The zero-order chi connectivity index (χ0) is 10.8. The molecule has 1 unspecified atom stereocenters. The van der Waals surface area contributed by atoms with Crippen molar-refractivity contribution < 1.29 is 9.90 Å². The van der Waals surface area contributed by atoms with E-state index in [1.165, 1.54) is 6.42 Å². The molecule has 0 spiro atoms. The highest BCUT2D eigenvalue weighted by atomic mass is 16.4. The van der Waals surface area contributed by atoms with Gasteiger partial charge in [0.25, 0.3) is 0 Å². The van der Waals surface area contributed by atoms with E-state index < -0.39 is 12.0 Å². The van der Waals surface area contributed by atoms with Gasteiger partial charge in [-0.05, 0) is 11.6 Å². The van der Waals surface area contributed by atoms with E-state index in [2.05, 4.69) is 4.98 Å². The molecule has 4 heteroatoms. The van der Waals surface area contributed by atoms with E-state index in [1.54, 1.807) is 6.20 Å². The third-order valence-electron chi connectivity index (χ3n) is 2.27. The fraction of sp³-hybridized carbons (Fsp3) is 0.0909. The van der Waals surface area contributed by atoms with Crippen LogP contribution >= 0.6 is 0 Å². The fourth-order valence-corrected chi connectivity index (χ4v) is 1.50. The van der Waals surface area contributed by atoms with Crippen LogP contribution in [-0.2, 0) is 4.79 Å². The summed E-state index contributed by atoms with van der Waals surface area (Å²) in [5.74, 6) is -1.03. The van der Waals surface area contributed by atoms with E-state index in [9.17, 15) is 4.79 Å². The van der Waals surface area contributed by atoms with Crippen molar-refractivity contribution in [3.05, 3.63) is 42.4 Å². The maximum Gasteiger partial charge on any atom is 0.321 e. The minimum Gasteiger partial charge on any atom is -0.480 e. The molecule has 0 saturated heterocycles. The Morgan fingerprint density at radius 1 is 1.47 bits per heavy atom. The van der Waals surface area contributed by atoms with Crippen LogP contribution < -0.4 is 5.73 Å². The Hall–Kier alpha value is -1.81. The zero-order valence-corrected chi connectivity index (χ0v) is 7.97. The van der Waals surface area contributed by atoms with Crippen LogP contribution in [-0.4, -0.2) is 22.1 Å². The molecule has 2 rings (SSSR count). The van der Waals surface area contributed by atoms with Gasteiger partial charge in [-0.15, -0.1) is 0 Å². The molecule has 0 aliphatic carbocycles. The Morgan fingerprint density at radius 2 is 2.20 bits per heavy atom. The molecule has 0 bridgehead atoms. The molecule has 2 aromatic rings. The number of hydrogen-bond donors (Lipinski definition) is 3. The second-order valence-corrected chi connectivity index (χ2v) is 3.32. The van der Waals surface area contributed by atoms with Gasteiger partial charge in [-0.3, -0.25) is 4.79 Å². The molecule has 1 aromatic heterocycles. The van der Waals surface area contributed by atoms with Crippen molar-refractivity contribution in [2.45, 2.75) is 6.04 Å². The number of carbonyl (C=O) groups is 1. The number of carboxylic acids is 1. The van der Waals surface area contributed by atoms with Crippen LogP contribution in [0.5, 0.6) is 0 Å². The van der Waals surface area contributed by atoms with Crippen LogP contribution in [0.3, 0.4) is 0 Å². The minimum absolute atomic E-state index is 0.820. The number of nitrogens with one attached hydrogen (secondary N) is 1. The van der Waals surface area contributed by atoms with Gasteiger partial charge in [0, 0.05) is 23.5 Å². The summed E-state index contributed by atoms with van der Waals surface area (Å²) in [6.45, 7) is 0. The highest BCUT2D eigenvalue weighted by molar-refractivity contribution is 5.86. The molecule has 1 heterocycles. The van der Waals surface area contributed by atoms with Crippen LogP contribution in [0, 0.1) is 6.42 Å². The summed E-state index contributed by atoms with van der Waals surface area (Å²) in [5.41, 5.74) is 7.22. The molecule has 4 nitrogen and oxygen atoms in total. The van der Waals surface area contributed by atoms with Crippen molar-refractivity contribution in [1.82, 2.24) is 4.98 Å². The second-order valence-electron chi connectivity index (χ2n) is 3.32. The molecule has 4 N–H and O–H groups in total. The number of aromatic amines is 1. The first-order valence-electron chi connectivity index (χ1n) is 4.58. The number of aliphatic carboxylic acids is 1. The number of fused-ring (bicyclic) bond motifs is 1. The largest absolute Gasteiger partial charge is 0.480 e. The van der Waals surface area contributed by atoms with Gasteiger partial charge in [0.05, 0.1) is 0 Å². The summed E-state index contributed by atoms with van der Waals surface area (Å²) >= 11 is 0. The third-order valence-corrected chi connectivity index (χ3v) is 2.27. The summed E-state index contributed by atoms with van der Waals surface area (Å²) in [5, 5.41) is 9.67. The molecule has 77 valence electrons. The molecule has 0 saturated carbocycles. The quantitative estimate of drug-likeness (QED) is 0.699. The average Bonchev–Trinajstić information content (AvgIpc) is 2.62. The first-order chi connectivity index (χ1) is 7.18. The fourth-order valence-electron chi connectivity index (χ4n) is 1.50. The number of aromatic nitrogens is 1. The lowest BCUT2D eigenvalue weighted by Gasteiger charge is -2.03. The SMILES string of the molecule is NC([CH]c1c[nH]c2ccccc12)C(=O)O. The summed E-state index contributed by atoms with van der Waals surface area (Å²) in [7, 11) is 0. The minimum atomic E-state index is -1.03. The van der Waals surface area contributed by atoms with Crippen molar-refractivity contribution in [1.29, 1.82) is 0 Å². The van der Waals surface area contributed by atoms with Crippen LogP contribution in [0.1, 0.15) is 5.56 Å². The maximum atomic E-state index is 10.6. The molecule has 1 radical (unpaired) electrons. The number of para-hydroxylation sites is 1. The molecule has 0 aliphatic heterocycles. The summed E-state index contributed by atoms with van der Waals surface area (Å²) in [6.07, 6.45) is 3.29. The van der Waals surface area contributed by atoms with Crippen LogP contribution in [0.4, 0.5) is 0 Å².